The number of carbonyl (C=O) groups is 2. The van der Waals surface area contributed by atoms with Gasteiger partial charge >= 0.3 is 0 Å². The van der Waals surface area contributed by atoms with Crippen LogP contribution in [0.5, 0.6) is 0 Å². The molecule has 1 saturated heterocycles. The number of morpholine rings is 1. The van der Waals surface area contributed by atoms with Gasteiger partial charge in [-0.1, -0.05) is 12.1 Å². The molecule has 2 amide bonds. The van der Waals surface area contributed by atoms with E-state index in [-0.39, 0.29) is 11.8 Å². The molecule has 1 atom stereocenters. The van der Waals surface area contributed by atoms with Crippen LogP contribution in [-0.2, 0) is 16.1 Å². The second kappa shape index (κ2) is 7.19. The molecule has 21 heavy (non-hydrogen) atoms. The molecule has 0 aromatic heterocycles. The summed E-state index contributed by atoms with van der Waals surface area (Å²) in [5, 5.41) is 5.72. The zero-order chi connectivity index (χ0) is 15.2. The predicted molar refractivity (Wildman–Crippen MR) is 78.9 cm³/mol. The molecule has 1 heterocycles. The molecule has 2 N–H and O–H groups in total. The average Bonchev–Trinajstić information content (AvgIpc) is 2.55. The number of amides is 2. The SMILES string of the molecule is CNC(=O)c1ccc(CN(C)C(=O)C2CNCCO2)cc1. The lowest BCUT2D eigenvalue weighted by molar-refractivity contribution is -0.144. The Balaban J connectivity index is 1.93. The lowest BCUT2D eigenvalue weighted by Crippen LogP contribution is -2.48. The quantitative estimate of drug-likeness (QED) is 0.819. The average molecular weight is 291 g/mol. The largest absolute Gasteiger partial charge is 0.366 e. The van der Waals surface area contributed by atoms with Gasteiger partial charge in [0.15, 0.2) is 0 Å². The Morgan fingerprint density at radius 1 is 1.38 bits per heavy atom. The van der Waals surface area contributed by atoms with Crippen molar-refractivity contribution >= 4 is 11.8 Å². The fraction of sp³-hybridized carbons (Fsp3) is 0.467. The van der Waals surface area contributed by atoms with Crippen molar-refractivity contribution < 1.29 is 14.3 Å². The highest BCUT2D eigenvalue weighted by Crippen LogP contribution is 2.09. The minimum Gasteiger partial charge on any atom is -0.366 e. The van der Waals surface area contributed by atoms with E-state index >= 15 is 0 Å². The van der Waals surface area contributed by atoms with Gasteiger partial charge in [0.1, 0.15) is 6.10 Å². The van der Waals surface area contributed by atoms with Crippen LogP contribution in [0.15, 0.2) is 24.3 Å². The van der Waals surface area contributed by atoms with E-state index in [4.69, 9.17) is 4.74 Å². The zero-order valence-corrected chi connectivity index (χ0v) is 12.4. The first-order valence-corrected chi connectivity index (χ1v) is 7.00. The molecule has 2 rings (SSSR count). The van der Waals surface area contributed by atoms with E-state index in [0.717, 1.165) is 12.1 Å². The molecule has 1 aliphatic heterocycles. The van der Waals surface area contributed by atoms with Crippen molar-refractivity contribution in [2.45, 2.75) is 12.6 Å². The molecule has 0 saturated carbocycles. The van der Waals surface area contributed by atoms with Gasteiger partial charge in [0.2, 0.25) is 0 Å². The smallest absolute Gasteiger partial charge is 0.253 e. The summed E-state index contributed by atoms with van der Waals surface area (Å²) in [6, 6.07) is 7.22. The van der Waals surface area contributed by atoms with Crippen LogP contribution in [0.4, 0.5) is 0 Å². The zero-order valence-electron chi connectivity index (χ0n) is 12.4. The van der Waals surface area contributed by atoms with Gasteiger partial charge in [-0.3, -0.25) is 9.59 Å². The van der Waals surface area contributed by atoms with E-state index in [0.29, 0.717) is 25.3 Å². The number of carbonyl (C=O) groups excluding carboxylic acids is 2. The van der Waals surface area contributed by atoms with Crippen molar-refractivity contribution in [3.63, 3.8) is 0 Å². The fourth-order valence-corrected chi connectivity index (χ4v) is 2.23. The van der Waals surface area contributed by atoms with Crippen LogP contribution in [0.2, 0.25) is 0 Å². The molecule has 0 bridgehead atoms. The number of benzene rings is 1. The van der Waals surface area contributed by atoms with E-state index in [9.17, 15) is 9.59 Å². The van der Waals surface area contributed by atoms with E-state index in [2.05, 4.69) is 10.6 Å². The van der Waals surface area contributed by atoms with Crippen LogP contribution < -0.4 is 10.6 Å². The molecule has 0 radical (unpaired) electrons. The van der Waals surface area contributed by atoms with Crippen molar-refractivity contribution in [2.24, 2.45) is 0 Å². The molecule has 1 fully saturated rings. The summed E-state index contributed by atoms with van der Waals surface area (Å²) in [7, 11) is 3.36. The summed E-state index contributed by atoms with van der Waals surface area (Å²) in [5.74, 6) is -0.148. The second-order valence-electron chi connectivity index (χ2n) is 5.03. The minimum absolute atomic E-state index is 0.0300. The summed E-state index contributed by atoms with van der Waals surface area (Å²) in [5.41, 5.74) is 1.58. The minimum atomic E-state index is -0.408. The standard InChI is InChI=1S/C15H21N3O3/c1-16-14(19)12-5-3-11(4-6-12)10-18(2)15(20)13-9-17-7-8-21-13/h3-6,13,17H,7-10H2,1-2H3,(H,16,19). The Morgan fingerprint density at radius 3 is 2.67 bits per heavy atom. The number of hydrogen-bond donors (Lipinski definition) is 2. The summed E-state index contributed by atoms with van der Waals surface area (Å²) >= 11 is 0. The van der Waals surface area contributed by atoms with E-state index in [1.165, 1.54) is 0 Å². The molecule has 6 nitrogen and oxygen atoms in total. The van der Waals surface area contributed by atoms with Gasteiger partial charge in [-0.2, -0.15) is 0 Å². The predicted octanol–water partition coefficient (Wildman–Crippen LogP) is -0.00700. The molecule has 1 aromatic rings. The molecule has 6 heteroatoms. The Bertz CT molecular complexity index is 495. The molecule has 0 aliphatic carbocycles. The highest BCUT2D eigenvalue weighted by atomic mass is 16.5. The van der Waals surface area contributed by atoms with Gasteiger partial charge < -0.3 is 20.3 Å². The second-order valence-corrected chi connectivity index (χ2v) is 5.03. The molecule has 1 unspecified atom stereocenters. The monoisotopic (exact) mass is 291 g/mol. The maximum Gasteiger partial charge on any atom is 0.253 e. The maximum absolute atomic E-state index is 12.2. The van der Waals surface area contributed by atoms with Crippen LogP contribution in [0, 0.1) is 0 Å². The summed E-state index contributed by atoms with van der Waals surface area (Å²) in [6.45, 7) is 2.39. The third-order valence-electron chi connectivity index (χ3n) is 3.44. The van der Waals surface area contributed by atoms with Crippen molar-refractivity contribution in [3.05, 3.63) is 35.4 Å². The highest BCUT2D eigenvalue weighted by Gasteiger charge is 2.24. The van der Waals surface area contributed by atoms with E-state index in [1.54, 1.807) is 31.1 Å². The van der Waals surface area contributed by atoms with Crippen molar-refractivity contribution in [2.75, 3.05) is 33.8 Å². The first-order valence-electron chi connectivity index (χ1n) is 7.00. The fourth-order valence-electron chi connectivity index (χ4n) is 2.23. The Morgan fingerprint density at radius 2 is 2.10 bits per heavy atom. The van der Waals surface area contributed by atoms with Crippen LogP contribution >= 0.6 is 0 Å². The molecule has 1 aromatic carbocycles. The summed E-state index contributed by atoms with van der Waals surface area (Å²) in [6.07, 6.45) is -0.408. The van der Waals surface area contributed by atoms with Crippen LogP contribution in [-0.4, -0.2) is 56.6 Å². The van der Waals surface area contributed by atoms with Gasteiger partial charge in [-0.05, 0) is 17.7 Å². The molecule has 0 spiro atoms. The van der Waals surface area contributed by atoms with Crippen LogP contribution in [0.25, 0.3) is 0 Å². The first-order chi connectivity index (χ1) is 10.1. The van der Waals surface area contributed by atoms with Gasteiger partial charge in [-0.25, -0.2) is 0 Å². The van der Waals surface area contributed by atoms with Crippen molar-refractivity contribution in [1.82, 2.24) is 15.5 Å². The van der Waals surface area contributed by atoms with Gasteiger partial charge in [0.05, 0.1) is 6.61 Å². The van der Waals surface area contributed by atoms with Crippen LogP contribution in [0.3, 0.4) is 0 Å². The maximum atomic E-state index is 12.2. The first kappa shape index (κ1) is 15.5. The van der Waals surface area contributed by atoms with Crippen molar-refractivity contribution in [3.8, 4) is 0 Å². The van der Waals surface area contributed by atoms with Gasteiger partial charge in [0.25, 0.3) is 11.8 Å². The van der Waals surface area contributed by atoms with Gasteiger partial charge in [-0.15, -0.1) is 0 Å². The summed E-state index contributed by atoms with van der Waals surface area (Å²) in [4.78, 5) is 25.3. The highest BCUT2D eigenvalue weighted by molar-refractivity contribution is 5.93. The normalized spacial score (nSPS) is 18.1. The lowest BCUT2D eigenvalue weighted by atomic mass is 10.1. The topological polar surface area (TPSA) is 70.7 Å². The lowest BCUT2D eigenvalue weighted by Gasteiger charge is -2.27. The van der Waals surface area contributed by atoms with E-state index < -0.39 is 6.10 Å². The third kappa shape index (κ3) is 4.03. The van der Waals surface area contributed by atoms with E-state index in [1.807, 2.05) is 12.1 Å². The summed E-state index contributed by atoms with van der Waals surface area (Å²) < 4.78 is 5.46. The molecule has 1 aliphatic rings. The molecular weight excluding hydrogens is 270 g/mol. The number of nitrogens with zero attached hydrogens (tertiary/aromatic N) is 1. The Hall–Kier alpha value is -1.92. The Kier molecular flexibility index (Phi) is 5.30. The van der Waals surface area contributed by atoms with Crippen LogP contribution in [0.1, 0.15) is 15.9 Å². The van der Waals surface area contributed by atoms with Gasteiger partial charge in [0, 0.05) is 39.3 Å². The number of rotatable bonds is 4. The number of likely N-dealkylation sites (N-methyl/N-ethyl adjacent to an activating group) is 1. The number of ether oxygens (including phenoxy) is 1. The Labute approximate surface area is 124 Å². The number of hydrogen-bond acceptors (Lipinski definition) is 4. The molecular formula is C15H21N3O3. The van der Waals surface area contributed by atoms with Crippen molar-refractivity contribution in [1.29, 1.82) is 0 Å². The molecule has 114 valence electrons. The third-order valence-corrected chi connectivity index (χ3v) is 3.44. The number of nitrogens with one attached hydrogen (secondary N) is 2.